The Morgan fingerprint density at radius 2 is 0.929 bits per heavy atom. The largest absolute Gasteiger partial charge is 0.508 e. The van der Waals surface area contributed by atoms with E-state index in [0.717, 1.165) is 11.1 Å². The third-order valence-corrected chi connectivity index (χ3v) is 5.62. The maximum absolute atomic E-state index is 10.3. The van der Waals surface area contributed by atoms with Gasteiger partial charge in [-0.3, -0.25) is 0 Å². The Balaban J connectivity index is 2.08. The summed E-state index contributed by atoms with van der Waals surface area (Å²) in [5.74, 6) is 0.140. The predicted molar refractivity (Wildman–Crippen MR) is 110 cm³/mol. The van der Waals surface area contributed by atoms with Gasteiger partial charge >= 0.3 is 0 Å². The van der Waals surface area contributed by atoms with Crippen LogP contribution in [0.5, 0.6) is 23.0 Å². The van der Waals surface area contributed by atoms with Crippen LogP contribution in [0.3, 0.4) is 0 Å². The SMILES string of the molecule is CC(C)(c1cccc(C(C)(C)c2ccc(O)cc2O)c1)c1ccc(O)cc1O. The predicted octanol–water partition coefficient (Wildman–Crippen LogP) is 5.16. The lowest BCUT2D eigenvalue weighted by Gasteiger charge is -2.31. The minimum atomic E-state index is -0.499. The van der Waals surface area contributed by atoms with Gasteiger partial charge in [0, 0.05) is 34.1 Å². The van der Waals surface area contributed by atoms with Crippen LogP contribution < -0.4 is 0 Å². The molecule has 0 fully saturated rings. The second-order valence-electron chi connectivity index (χ2n) is 8.23. The first-order valence-electron chi connectivity index (χ1n) is 9.19. The van der Waals surface area contributed by atoms with E-state index in [9.17, 15) is 20.4 Å². The Morgan fingerprint density at radius 1 is 0.536 bits per heavy atom. The van der Waals surface area contributed by atoms with Crippen LogP contribution in [0.25, 0.3) is 0 Å². The topological polar surface area (TPSA) is 80.9 Å². The Hall–Kier alpha value is -3.14. The smallest absolute Gasteiger partial charge is 0.123 e. The van der Waals surface area contributed by atoms with E-state index in [4.69, 9.17) is 0 Å². The zero-order valence-corrected chi connectivity index (χ0v) is 16.6. The molecule has 3 aromatic carbocycles. The fraction of sp³-hybridized carbons (Fsp3) is 0.250. The van der Waals surface area contributed by atoms with Crippen molar-refractivity contribution in [3.05, 3.63) is 82.9 Å². The minimum absolute atomic E-state index is 0.0229. The van der Waals surface area contributed by atoms with Crippen molar-refractivity contribution in [3.8, 4) is 23.0 Å². The fourth-order valence-electron chi connectivity index (χ4n) is 3.70. The third kappa shape index (κ3) is 3.38. The average molecular weight is 378 g/mol. The molecule has 0 radical (unpaired) electrons. The quantitative estimate of drug-likeness (QED) is 0.505. The van der Waals surface area contributed by atoms with Crippen LogP contribution in [0.4, 0.5) is 0 Å². The number of hydrogen-bond donors (Lipinski definition) is 4. The van der Waals surface area contributed by atoms with E-state index in [-0.39, 0.29) is 23.0 Å². The van der Waals surface area contributed by atoms with Crippen molar-refractivity contribution < 1.29 is 20.4 Å². The highest BCUT2D eigenvalue weighted by Gasteiger charge is 2.30. The van der Waals surface area contributed by atoms with Gasteiger partial charge in [0.05, 0.1) is 0 Å². The van der Waals surface area contributed by atoms with Gasteiger partial charge in [-0.2, -0.15) is 0 Å². The van der Waals surface area contributed by atoms with Crippen molar-refractivity contribution in [2.75, 3.05) is 0 Å². The lowest BCUT2D eigenvalue weighted by molar-refractivity contribution is 0.435. The molecule has 0 bridgehead atoms. The summed E-state index contributed by atoms with van der Waals surface area (Å²) < 4.78 is 0. The van der Waals surface area contributed by atoms with Gasteiger partial charge in [-0.05, 0) is 23.3 Å². The van der Waals surface area contributed by atoms with Crippen molar-refractivity contribution in [3.63, 3.8) is 0 Å². The summed E-state index contributed by atoms with van der Waals surface area (Å²) in [6.45, 7) is 8.07. The van der Waals surface area contributed by atoms with E-state index < -0.39 is 10.8 Å². The fourth-order valence-corrected chi connectivity index (χ4v) is 3.70. The highest BCUT2D eigenvalue weighted by atomic mass is 16.3. The van der Waals surface area contributed by atoms with Crippen LogP contribution in [0, 0.1) is 0 Å². The maximum Gasteiger partial charge on any atom is 0.123 e. The molecular weight excluding hydrogens is 352 g/mol. The van der Waals surface area contributed by atoms with Gasteiger partial charge in [-0.25, -0.2) is 0 Å². The molecule has 0 saturated heterocycles. The molecule has 0 spiro atoms. The summed E-state index contributed by atoms with van der Waals surface area (Å²) in [5.41, 5.74) is 2.43. The number of benzene rings is 3. The van der Waals surface area contributed by atoms with Gasteiger partial charge in [0.25, 0.3) is 0 Å². The summed E-state index contributed by atoms with van der Waals surface area (Å²) in [6.07, 6.45) is 0. The normalized spacial score (nSPS) is 12.1. The summed E-state index contributed by atoms with van der Waals surface area (Å²) >= 11 is 0. The Morgan fingerprint density at radius 3 is 1.29 bits per heavy atom. The van der Waals surface area contributed by atoms with E-state index in [1.165, 1.54) is 12.1 Å². The van der Waals surface area contributed by atoms with Crippen LogP contribution in [0.1, 0.15) is 49.9 Å². The van der Waals surface area contributed by atoms with Crippen molar-refractivity contribution in [1.82, 2.24) is 0 Å². The first-order valence-corrected chi connectivity index (χ1v) is 9.19. The highest BCUT2D eigenvalue weighted by Crippen LogP contribution is 2.42. The molecule has 0 unspecified atom stereocenters. The van der Waals surface area contributed by atoms with Crippen LogP contribution in [0.15, 0.2) is 60.7 Å². The lowest BCUT2D eigenvalue weighted by atomic mass is 9.73. The molecule has 0 aliphatic rings. The molecule has 28 heavy (non-hydrogen) atoms. The average Bonchev–Trinajstić information content (AvgIpc) is 2.61. The molecule has 0 aromatic heterocycles. The molecule has 4 nitrogen and oxygen atoms in total. The van der Waals surface area contributed by atoms with Crippen LogP contribution in [0.2, 0.25) is 0 Å². The van der Waals surface area contributed by atoms with Gasteiger partial charge in [0.1, 0.15) is 23.0 Å². The summed E-state index contributed by atoms with van der Waals surface area (Å²) in [6, 6.07) is 17.3. The van der Waals surface area contributed by atoms with Crippen molar-refractivity contribution in [2.45, 2.75) is 38.5 Å². The summed E-state index contributed by atoms with van der Waals surface area (Å²) in [5, 5.41) is 39.9. The number of rotatable bonds is 4. The minimum Gasteiger partial charge on any atom is -0.508 e. The van der Waals surface area contributed by atoms with E-state index in [1.54, 1.807) is 24.3 Å². The van der Waals surface area contributed by atoms with Crippen molar-refractivity contribution in [2.24, 2.45) is 0 Å². The molecule has 146 valence electrons. The molecule has 3 rings (SSSR count). The molecule has 3 aromatic rings. The van der Waals surface area contributed by atoms with Crippen LogP contribution in [-0.4, -0.2) is 20.4 Å². The number of aromatic hydroxyl groups is 4. The van der Waals surface area contributed by atoms with E-state index in [0.29, 0.717) is 11.1 Å². The van der Waals surface area contributed by atoms with Gasteiger partial charge in [-0.15, -0.1) is 0 Å². The van der Waals surface area contributed by atoms with Crippen LogP contribution >= 0.6 is 0 Å². The third-order valence-electron chi connectivity index (χ3n) is 5.62. The molecule has 0 saturated carbocycles. The molecular formula is C24H26O4. The Kier molecular flexibility index (Phi) is 4.76. The second kappa shape index (κ2) is 6.79. The lowest BCUT2D eigenvalue weighted by Crippen LogP contribution is -2.23. The maximum atomic E-state index is 10.3. The molecule has 0 heterocycles. The summed E-state index contributed by atoms with van der Waals surface area (Å²) in [4.78, 5) is 0. The van der Waals surface area contributed by atoms with Gasteiger partial charge < -0.3 is 20.4 Å². The molecule has 4 heteroatoms. The van der Waals surface area contributed by atoms with Gasteiger partial charge in [0.2, 0.25) is 0 Å². The number of hydrogen-bond acceptors (Lipinski definition) is 4. The highest BCUT2D eigenvalue weighted by molar-refractivity contribution is 5.52. The Bertz CT molecular complexity index is 940. The van der Waals surface area contributed by atoms with Crippen LogP contribution in [-0.2, 0) is 10.8 Å². The summed E-state index contributed by atoms with van der Waals surface area (Å²) in [7, 11) is 0. The number of phenols is 4. The van der Waals surface area contributed by atoms with Crippen molar-refractivity contribution in [1.29, 1.82) is 0 Å². The monoisotopic (exact) mass is 378 g/mol. The Labute approximate surface area is 165 Å². The standard InChI is InChI=1S/C24H26O4/c1-23(2,19-10-8-17(25)13-21(19)27)15-6-5-7-16(12-15)24(3,4)20-11-9-18(26)14-22(20)28/h5-14,25-28H,1-4H3. The zero-order valence-electron chi connectivity index (χ0n) is 16.6. The first-order chi connectivity index (χ1) is 13.0. The molecule has 4 N–H and O–H groups in total. The van der Waals surface area contributed by atoms with Gasteiger partial charge in [0.15, 0.2) is 0 Å². The number of phenolic OH excluding ortho intramolecular Hbond substituents is 4. The van der Waals surface area contributed by atoms with E-state index in [2.05, 4.69) is 6.07 Å². The van der Waals surface area contributed by atoms with Crippen molar-refractivity contribution >= 4 is 0 Å². The zero-order chi connectivity index (χ0) is 20.7. The molecule has 0 atom stereocenters. The van der Waals surface area contributed by atoms with E-state index in [1.807, 2.05) is 45.9 Å². The first kappa shape index (κ1) is 19.6. The van der Waals surface area contributed by atoms with E-state index >= 15 is 0 Å². The van der Waals surface area contributed by atoms with Gasteiger partial charge in [-0.1, -0.05) is 64.1 Å². The molecule has 0 aliphatic heterocycles. The molecule has 0 aliphatic carbocycles. The molecule has 0 amide bonds. The second-order valence-corrected chi connectivity index (χ2v) is 8.23.